The van der Waals surface area contributed by atoms with Crippen LogP contribution in [0.15, 0.2) is 12.1 Å². The van der Waals surface area contributed by atoms with Gasteiger partial charge in [0.05, 0.1) is 5.56 Å². The predicted molar refractivity (Wildman–Crippen MR) is 81.6 cm³/mol. The maximum absolute atomic E-state index is 11.2. The van der Waals surface area contributed by atoms with Crippen molar-refractivity contribution in [2.45, 2.75) is 39.0 Å². The quantitative estimate of drug-likeness (QED) is 0.719. The summed E-state index contributed by atoms with van der Waals surface area (Å²) in [6, 6.07) is 3.23. The average molecular weight is 292 g/mol. The monoisotopic (exact) mass is 292 g/mol. The molecule has 1 saturated carbocycles. The molecule has 116 valence electrons. The minimum Gasteiger partial charge on any atom is -0.478 e. The van der Waals surface area contributed by atoms with Crippen molar-refractivity contribution < 1.29 is 15.0 Å². The highest BCUT2D eigenvalue weighted by Gasteiger charge is 2.26. The number of carboxylic acid groups (broad SMARTS) is 1. The lowest BCUT2D eigenvalue weighted by Crippen LogP contribution is -2.21. The van der Waals surface area contributed by atoms with Crippen LogP contribution in [-0.2, 0) is 6.42 Å². The van der Waals surface area contributed by atoms with E-state index in [0.717, 1.165) is 44.3 Å². The minimum atomic E-state index is -0.924. The second-order valence-corrected chi connectivity index (χ2v) is 5.80. The van der Waals surface area contributed by atoms with E-state index in [0.29, 0.717) is 17.7 Å². The molecule has 5 nitrogen and oxygen atoms in total. The molecule has 1 aromatic rings. The molecule has 0 amide bonds. The number of carbonyl (C=O) groups is 1. The Kier molecular flexibility index (Phi) is 5.56. The van der Waals surface area contributed by atoms with Crippen LogP contribution in [0.25, 0.3) is 0 Å². The number of aryl methyl sites for hydroxylation is 1. The van der Waals surface area contributed by atoms with Crippen LogP contribution < -0.4 is 5.32 Å². The molecule has 0 radical (unpaired) electrons. The fraction of sp³-hybridized carbons (Fsp3) is 0.625. The summed E-state index contributed by atoms with van der Waals surface area (Å²) in [6.45, 7) is 3.02. The SMILES string of the molecule is CCCc1cc(C(=O)O)cc(NCC2CCCC2CO)n1. The first-order chi connectivity index (χ1) is 10.1. The summed E-state index contributed by atoms with van der Waals surface area (Å²) >= 11 is 0. The van der Waals surface area contributed by atoms with Crippen molar-refractivity contribution >= 4 is 11.8 Å². The first-order valence-electron chi connectivity index (χ1n) is 7.73. The number of aromatic nitrogens is 1. The van der Waals surface area contributed by atoms with Crippen LogP contribution in [0.1, 0.15) is 48.7 Å². The van der Waals surface area contributed by atoms with Crippen molar-refractivity contribution in [1.82, 2.24) is 4.98 Å². The van der Waals surface area contributed by atoms with Crippen molar-refractivity contribution in [3.63, 3.8) is 0 Å². The first-order valence-corrected chi connectivity index (χ1v) is 7.73. The van der Waals surface area contributed by atoms with Crippen LogP contribution in [0.2, 0.25) is 0 Å². The molecule has 0 bridgehead atoms. The van der Waals surface area contributed by atoms with Crippen LogP contribution >= 0.6 is 0 Å². The zero-order chi connectivity index (χ0) is 15.2. The molecule has 1 aromatic heterocycles. The van der Waals surface area contributed by atoms with Gasteiger partial charge in [0, 0.05) is 18.8 Å². The summed E-state index contributed by atoms with van der Waals surface area (Å²) < 4.78 is 0. The third kappa shape index (κ3) is 4.17. The normalized spacial score (nSPS) is 21.4. The molecule has 0 aliphatic heterocycles. The van der Waals surface area contributed by atoms with Crippen LogP contribution in [0.3, 0.4) is 0 Å². The van der Waals surface area contributed by atoms with Crippen molar-refractivity contribution in [1.29, 1.82) is 0 Å². The van der Waals surface area contributed by atoms with Gasteiger partial charge in [0.25, 0.3) is 0 Å². The van der Waals surface area contributed by atoms with Gasteiger partial charge in [-0.2, -0.15) is 0 Å². The van der Waals surface area contributed by atoms with E-state index in [4.69, 9.17) is 0 Å². The molecule has 2 atom stereocenters. The van der Waals surface area contributed by atoms with Gasteiger partial charge in [0.2, 0.25) is 0 Å². The lowest BCUT2D eigenvalue weighted by molar-refractivity contribution is 0.0696. The lowest BCUT2D eigenvalue weighted by atomic mass is 9.97. The van der Waals surface area contributed by atoms with Gasteiger partial charge in [-0.3, -0.25) is 0 Å². The molecule has 1 fully saturated rings. The number of nitrogens with one attached hydrogen (secondary N) is 1. The number of anilines is 1. The number of aliphatic hydroxyl groups is 1. The van der Waals surface area contributed by atoms with Crippen molar-refractivity contribution in [2.24, 2.45) is 11.8 Å². The maximum Gasteiger partial charge on any atom is 0.335 e. The number of rotatable bonds is 7. The van der Waals surface area contributed by atoms with E-state index < -0.39 is 5.97 Å². The van der Waals surface area contributed by atoms with E-state index in [1.54, 1.807) is 12.1 Å². The molecule has 0 saturated heterocycles. The number of hydrogen-bond acceptors (Lipinski definition) is 4. The molecule has 1 aliphatic carbocycles. The van der Waals surface area contributed by atoms with E-state index >= 15 is 0 Å². The van der Waals surface area contributed by atoms with Crippen LogP contribution in [0.4, 0.5) is 5.82 Å². The van der Waals surface area contributed by atoms with Crippen LogP contribution in [0, 0.1) is 11.8 Å². The second kappa shape index (κ2) is 7.41. The molecule has 3 N–H and O–H groups in total. The van der Waals surface area contributed by atoms with Gasteiger partial charge < -0.3 is 15.5 Å². The summed E-state index contributed by atoms with van der Waals surface area (Å²) in [4.78, 5) is 15.7. The largest absolute Gasteiger partial charge is 0.478 e. The molecule has 5 heteroatoms. The van der Waals surface area contributed by atoms with Crippen molar-refractivity contribution in [2.75, 3.05) is 18.5 Å². The fourth-order valence-corrected chi connectivity index (χ4v) is 3.04. The maximum atomic E-state index is 11.2. The third-order valence-electron chi connectivity index (χ3n) is 4.23. The molecular weight excluding hydrogens is 268 g/mol. The van der Waals surface area contributed by atoms with Gasteiger partial charge in [-0.15, -0.1) is 0 Å². The average Bonchev–Trinajstić information content (AvgIpc) is 2.92. The number of aliphatic hydroxyl groups excluding tert-OH is 1. The minimum absolute atomic E-state index is 0.232. The van der Waals surface area contributed by atoms with E-state index in [-0.39, 0.29) is 12.2 Å². The zero-order valence-electron chi connectivity index (χ0n) is 12.5. The third-order valence-corrected chi connectivity index (χ3v) is 4.23. The molecular formula is C16H24N2O3. The Balaban J connectivity index is 2.06. The Labute approximate surface area is 125 Å². The first kappa shape index (κ1) is 15.8. The summed E-state index contributed by atoms with van der Waals surface area (Å²) in [7, 11) is 0. The summed E-state index contributed by atoms with van der Waals surface area (Å²) in [5.74, 6) is 0.504. The molecule has 0 spiro atoms. The van der Waals surface area contributed by atoms with Gasteiger partial charge in [0.1, 0.15) is 5.82 Å². The molecule has 2 rings (SSSR count). The van der Waals surface area contributed by atoms with Crippen molar-refractivity contribution in [3.8, 4) is 0 Å². The highest BCUT2D eigenvalue weighted by molar-refractivity contribution is 5.88. The van der Waals surface area contributed by atoms with E-state index in [1.807, 2.05) is 6.92 Å². The Morgan fingerprint density at radius 3 is 2.81 bits per heavy atom. The van der Waals surface area contributed by atoms with E-state index in [1.165, 1.54) is 0 Å². The van der Waals surface area contributed by atoms with Gasteiger partial charge in [-0.25, -0.2) is 9.78 Å². The molecule has 2 unspecified atom stereocenters. The van der Waals surface area contributed by atoms with Crippen LogP contribution in [0.5, 0.6) is 0 Å². The molecule has 1 aliphatic rings. The number of hydrogen-bond donors (Lipinski definition) is 3. The number of carboxylic acids is 1. The molecule has 21 heavy (non-hydrogen) atoms. The summed E-state index contributed by atoms with van der Waals surface area (Å²) in [5.41, 5.74) is 1.09. The molecule has 0 aromatic carbocycles. The van der Waals surface area contributed by atoms with Gasteiger partial charge in [-0.05, 0) is 43.2 Å². The van der Waals surface area contributed by atoms with E-state index in [2.05, 4.69) is 10.3 Å². The van der Waals surface area contributed by atoms with E-state index in [9.17, 15) is 15.0 Å². The Morgan fingerprint density at radius 2 is 2.14 bits per heavy atom. The summed E-state index contributed by atoms with van der Waals surface area (Å²) in [5, 5.41) is 21.8. The van der Waals surface area contributed by atoms with Gasteiger partial charge >= 0.3 is 5.97 Å². The Morgan fingerprint density at radius 1 is 1.38 bits per heavy atom. The molecule has 1 heterocycles. The second-order valence-electron chi connectivity index (χ2n) is 5.80. The lowest BCUT2D eigenvalue weighted by Gasteiger charge is -2.18. The van der Waals surface area contributed by atoms with Crippen molar-refractivity contribution in [3.05, 3.63) is 23.4 Å². The highest BCUT2D eigenvalue weighted by Crippen LogP contribution is 2.31. The Bertz CT molecular complexity index is 490. The highest BCUT2D eigenvalue weighted by atomic mass is 16.4. The number of aromatic carboxylic acids is 1. The smallest absolute Gasteiger partial charge is 0.335 e. The van der Waals surface area contributed by atoms with Gasteiger partial charge in [0.15, 0.2) is 0 Å². The van der Waals surface area contributed by atoms with Gasteiger partial charge in [-0.1, -0.05) is 19.8 Å². The predicted octanol–water partition coefficient (Wildman–Crippen LogP) is 2.55. The summed E-state index contributed by atoms with van der Waals surface area (Å²) in [6.07, 6.45) is 5.05. The number of pyridine rings is 1. The topological polar surface area (TPSA) is 82.5 Å². The number of nitrogens with zero attached hydrogens (tertiary/aromatic N) is 1. The van der Waals surface area contributed by atoms with Crippen LogP contribution in [-0.4, -0.2) is 34.3 Å². The Hall–Kier alpha value is -1.62. The standard InChI is InChI=1S/C16H24N2O3/c1-2-4-14-7-13(16(20)21)8-15(18-14)17-9-11-5-3-6-12(11)10-19/h7-8,11-12,19H,2-6,9-10H2,1H3,(H,17,18)(H,20,21). The fourth-order valence-electron chi connectivity index (χ4n) is 3.04. The zero-order valence-corrected chi connectivity index (χ0v) is 12.5.